The molecular formula is C38H56Cl2O2Si2Zr-2. The van der Waals surface area contributed by atoms with Crippen LogP contribution in [-0.2, 0) is 35.1 Å². The van der Waals surface area contributed by atoms with Gasteiger partial charge in [-0.15, -0.1) is 33.2 Å². The molecule has 0 N–H and O–H groups in total. The SMILES string of the molecule is C=C1C(O[Si-](C(C)C)(C(C)C)C(C)C)=Cc2ccccc21.C=C1C(O[Si-](C(C)C)(C(C)C)C(C)C)=Cc2ccccc21.[Cl-].[Cl-].[Zr+2]. The molecule has 2 nitrogen and oxygen atoms in total. The fourth-order valence-corrected chi connectivity index (χ4v) is 18.3. The molecule has 4 rings (SSSR count). The van der Waals surface area contributed by atoms with Gasteiger partial charge in [-0.05, 0) is 34.4 Å². The summed E-state index contributed by atoms with van der Waals surface area (Å²) in [7, 11) is -3.81. The third-order valence-electron chi connectivity index (χ3n) is 9.73. The molecule has 2 aromatic carbocycles. The molecule has 0 spiro atoms. The zero-order valence-electron chi connectivity index (χ0n) is 29.7. The van der Waals surface area contributed by atoms with Crippen molar-refractivity contribution < 1.29 is 59.9 Å². The van der Waals surface area contributed by atoms with E-state index in [1.54, 1.807) is 0 Å². The molecule has 0 atom stereocenters. The van der Waals surface area contributed by atoms with Crippen molar-refractivity contribution in [2.24, 2.45) is 0 Å². The average Bonchev–Trinajstić information content (AvgIpc) is 3.40. The molecule has 0 radical (unpaired) electrons. The zero-order valence-corrected chi connectivity index (χ0v) is 35.7. The number of halogens is 2. The zero-order chi connectivity index (χ0) is 31.6. The van der Waals surface area contributed by atoms with Gasteiger partial charge in [0.15, 0.2) is 0 Å². The van der Waals surface area contributed by atoms with Crippen LogP contribution in [0.5, 0.6) is 0 Å². The van der Waals surface area contributed by atoms with Crippen molar-refractivity contribution in [1.82, 2.24) is 0 Å². The fourth-order valence-electron chi connectivity index (χ4n) is 7.79. The topological polar surface area (TPSA) is 18.5 Å². The molecule has 0 heterocycles. The summed E-state index contributed by atoms with van der Waals surface area (Å²) in [5.41, 5.74) is 10.5. The van der Waals surface area contributed by atoms with E-state index in [0.29, 0.717) is 33.2 Å². The van der Waals surface area contributed by atoms with Crippen molar-refractivity contribution in [2.75, 3.05) is 0 Å². The van der Waals surface area contributed by atoms with Crippen molar-refractivity contribution in [3.8, 4) is 0 Å². The molecule has 2 aromatic rings. The summed E-state index contributed by atoms with van der Waals surface area (Å²) in [6, 6.07) is 16.8. The van der Waals surface area contributed by atoms with Crippen LogP contribution in [0, 0.1) is 0 Å². The summed E-state index contributed by atoms with van der Waals surface area (Å²) in [6.07, 6.45) is 4.35. The molecule has 0 amide bonds. The van der Waals surface area contributed by atoms with Crippen LogP contribution in [0.25, 0.3) is 23.3 Å². The van der Waals surface area contributed by atoms with Crippen LogP contribution in [0.2, 0.25) is 33.2 Å². The molecule has 0 aromatic heterocycles. The third-order valence-corrected chi connectivity index (χ3v) is 21.7. The summed E-state index contributed by atoms with van der Waals surface area (Å²) in [5, 5.41) is 0. The monoisotopic (exact) mass is 760 g/mol. The fraction of sp³-hybridized carbons (Fsp3) is 0.474. The molecular weight excluding hydrogens is 707 g/mol. The Hall–Kier alpha value is -1.10. The van der Waals surface area contributed by atoms with Crippen LogP contribution >= 0.6 is 0 Å². The van der Waals surface area contributed by atoms with Crippen molar-refractivity contribution in [3.05, 3.63) is 95.5 Å². The molecule has 2 aliphatic carbocycles. The quantitative estimate of drug-likeness (QED) is 0.258. The van der Waals surface area contributed by atoms with Gasteiger partial charge in [0.25, 0.3) is 0 Å². The van der Waals surface area contributed by atoms with Crippen LogP contribution in [-0.4, -0.2) is 16.6 Å². The van der Waals surface area contributed by atoms with Gasteiger partial charge in [-0.2, -0.15) is 0 Å². The van der Waals surface area contributed by atoms with Gasteiger partial charge in [-0.3, -0.25) is 0 Å². The molecule has 0 unspecified atom stereocenters. The van der Waals surface area contributed by atoms with E-state index in [9.17, 15) is 0 Å². The molecule has 0 saturated heterocycles. The van der Waals surface area contributed by atoms with E-state index in [4.69, 9.17) is 8.85 Å². The normalized spacial score (nSPS) is 13.9. The largest absolute Gasteiger partial charge is 2.00 e. The maximum absolute atomic E-state index is 6.78. The Bertz CT molecular complexity index is 1210. The first-order valence-electron chi connectivity index (χ1n) is 16.0. The molecule has 0 aliphatic heterocycles. The van der Waals surface area contributed by atoms with Crippen LogP contribution in [0.15, 0.2) is 73.2 Å². The third kappa shape index (κ3) is 8.68. The van der Waals surface area contributed by atoms with Gasteiger partial charge < -0.3 is 33.7 Å². The summed E-state index contributed by atoms with van der Waals surface area (Å²) in [5.74, 6) is 2.00. The Morgan fingerprint density at radius 1 is 0.467 bits per heavy atom. The van der Waals surface area contributed by atoms with Crippen molar-refractivity contribution in [2.45, 2.75) is 116 Å². The standard InChI is InChI=1S/2C19H28OSi.2ClH.Zr/c2*1-13(2)21(14(3)4,15(5)6)20-19-12-17-10-8-9-11-18(17)16(19)7;;;/h2*8-15H,7H2,1-6H3;2*1H;/q2*-1;;;+2/p-2. The van der Waals surface area contributed by atoms with E-state index in [1.165, 1.54) is 22.3 Å². The summed E-state index contributed by atoms with van der Waals surface area (Å²) in [4.78, 5) is 0. The van der Waals surface area contributed by atoms with Crippen molar-refractivity contribution >= 4 is 39.9 Å². The smallest absolute Gasteiger partial charge is 1.00 e. The van der Waals surface area contributed by atoms with Gasteiger partial charge >= 0.3 is 26.2 Å². The Morgan fingerprint density at radius 3 is 0.933 bits per heavy atom. The Balaban J connectivity index is 0.000000807. The van der Waals surface area contributed by atoms with E-state index < -0.39 is 16.6 Å². The van der Waals surface area contributed by atoms with E-state index >= 15 is 0 Å². The van der Waals surface area contributed by atoms with Gasteiger partial charge in [0.1, 0.15) is 0 Å². The number of fused-ring (bicyclic) bond motifs is 2. The van der Waals surface area contributed by atoms with Crippen LogP contribution < -0.4 is 24.8 Å². The predicted molar refractivity (Wildman–Crippen MR) is 191 cm³/mol. The second kappa shape index (κ2) is 17.9. The maximum Gasteiger partial charge on any atom is 2.00 e. The Kier molecular flexibility index (Phi) is 17.4. The van der Waals surface area contributed by atoms with Crippen LogP contribution in [0.4, 0.5) is 0 Å². The van der Waals surface area contributed by atoms with Crippen molar-refractivity contribution in [1.29, 1.82) is 0 Å². The first-order valence-corrected chi connectivity index (χ1v) is 20.3. The minimum atomic E-state index is -1.90. The second-order valence-electron chi connectivity index (χ2n) is 14.0. The minimum absolute atomic E-state index is 0. The molecule has 0 fully saturated rings. The Morgan fingerprint density at radius 2 is 0.711 bits per heavy atom. The molecule has 2 aliphatic rings. The first-order chi connectivity index (χ1) is 19.6. The predicted octanol–water partition coefficient (Wildman–Crippen LogP) is 6.50. The van der Waals surface area contributed by atoms with Gasteiger partial charge in [-0.25, -0.2) is 0 Å². The molecule has 45 heavy (non-hydrogen) atoms. The summed E-state index contributed by atoms with van der Waals surface area (Å²) < 4.78 is 13.6. The average molecular weight is 763 g/mol. The molecule has 248 valence electrons. The first kappa shape index (κ1) is 43.9. The van der Waals surface area contributed by atoms with E-state index in [1.807, 2.05) is 0 Å². The van der Waals surface area contributed by atoms with Gasteiger partial charge in [0.2, 0.25) is 0 Å². The van der Waals surface area contributed by atoms with E-state index in [2.05, 4.69) is 157 Å². The van der Waals surface area contributed by atoms with Crippen LogP contribution in [0.3, 0.4) is 0 Å². The number of rotatable bonds is 10. The number of allylic oxidation sites excluding steroid dienone is 2. The van der Waals surface area contributed by atoms with Gasteiger partial charge in [0.05, 0.1) is 11.5 Å². The minimum Gasteiger partial charge on any atom is -1.00 e. The number of hydrogen-bond acceptors (Lipinski definition) is 2. The summed E-state index contributed by atoms with van der Waals surface area (Å²) in [6.45, 7) is 36.3. The maximum atomic E-state index is 6.78. The number of benzene rings is 2. The van der Waals surface area contributed by atoms with E-state index in [-0.39, 0.29) is 51.0 Å². The van der Waals surface area contributed by atoms with Crippen LogP contribution in [0.1, 0.15) is 105 Å². The molecule has 7 heteroatoms. The van der Waals surface area contributed by atoms with E-state index in [0.717, 1.165) is 22.7 Å². The van der Waals surface area contributed by atoms with Crippen molar-refractivity contribution in [3.63, 3.8) is 0 Å². The second-order valence-corrected chi connectivity index (χ2v) is 24.7. The molecule has 0 bridgehead atoms. The molecule has 0 saturated carbocycles. The summed E-state index contributed by atoms with van der Waals surface area (Å²) >= 11 is 0. The van der Waals surface area contributed by atoms with Gasteiger partial charge in [0, 0.05) is 27.8 Å². The Labute approximate surface area is 309 Å². The van der Waals surface area contributed by atoms with Gasteiger partial charge in [-0.1, -0.05) is 145 Å². The number of hydrogen-bond donors (Lipinski definition) is 0.